The van der Waals surface area contributed by atoms with E-state index in [1.54, 1.807) is 19.1 Å². The van der Waals surface area contributed by atoms with Gasteiger partial charge in [-0.3, -0.25) is 5.10 Å². The summed E-state index contributed by atoms with van der Waals surface area (Å²) in [6.07, 6.45) is 1.83. The number of H-pyrrole nitrogens is 1. The number of aromatic amines is 1. The summed E-state index contributed by atoms with van der Waals surface area (Å²) in [5, 5.41) is 6.36. The number of anilines is 1. The molecular weight excluding hydrogens is 266 g/mol. The SMILES string of the molecule is Cc1ccc(N)cc1S(=O)(=O)NCCc1ncn[nH]1. The normalized spacial score (nSPS) is 11.6. The molecule has 7 nitrogen and oxygen atoms in total. The fourth-order valence-corrected chi connectivity index (χ4v) is 2.95. The molecule has 0 radical (unpaired) electrons. The highest BCUT2D eigenvalue weighted by Gasteiger charge is 2.16. The summed E-state index contributed by atoms with van der Waals surface area (Å²) >= 11 is 0. The van der Waals surface area contributed by atoms with Gasteiger partial charge in [-0.05, 0) is 24.6 Å². The standard InChI is InChI=1S/C11H15N5O2S/c1-8-2-3-9(12)6-10(8)19(17,18)15-5-4-11-13-7-14-16-11/h2-3,6-7,15H,4-5,12H2,1H3,(H,13,14,16). The number of aromatic nitrogens is 3. The van der Waals surface area contributed by atoms with Crippen molar-refractivity contribution in [3.63, 3.8) is 0 Å². The zero-order valence-electron chi connectivity index (χ0n) is 10.4. The molecule has 0 spiro atoms. The molecule has 19 heavy (non-hydrogen) atoms. The molecule has 0 saturated heterocycles. The molecule has 102 valence electrons. The van der Waals surface area contributed by atoms with Crippen LogP contribution in [0.1, 0.15) is 11.4 Å². The van der Waals surface area contributed by atoms with E-state index in [1.807, 2.05) is 0 Å². The zero-order valence-corrected chi connectivity index (χ0v) is 11.2. The Labute approximate surface area is 111 Å². The molecular formula is C11H15N5O2S. The van der Waals surface area contributed by atoms with Gasteiger partial charge >= 0.3 is 0 Å². The Kier molecular flexibility index (Phi) is 3.82. The molecule has 0 aliphatic rings. The Morgan fingerprint density at radius 2 is 2.21 bits per heavy atom. The van der Waals surface area contributed by atoms with E-state index in [2.05, 4.69) is 19.9 Å². The summed E-state index contributed by atoms with van der Waals surface area (Å²) in [6.45, 7) is 1.97. The van der Waals surface area contributed by atoms with Crippen LogP contribution in [0, 0.1) is 6.92 Å². The third-order valence-corrected chi connectivity index (χ3v) is 4.22. The van der Waals surface area contributed by atoms with E-state index < -0.39 is 10.0 Å². The number of aryl methyl sites for hydroxylation is 1. The number of hydrogen-bond donors (Lipinski definition) is 3. The summed E-state index contributed by atoms with van der Waals surface area (Å²) in [4.78, 5) is 4.12. The van der Waals surface area contributed by atoms with Crippen LogP contribution >= 0.6 is 0 Å². The van der Waals surface area contributed by atoms with Crippen molar-refractivity contribution in [2.24, 2.45) is 0 Å². The van der Waals surface area contributed by atoms with Gasteiger partial charge in [0.05, 0.1) is 4.90 Å². The summed E-state index contributed by atoms with van der Waals surface area (Å²) in [5.74, 6) is 0.631. The number of sulfonamides is 1. The Morgan fingerprint density at radius 3 is 2.89 bits per heavy atom. The van der Waals surface area contributed by atoms with Crippen LogP contribution in [0.15, 0.2) is 29.4 Å². The molecule has 0 atom stereocenters. The molecule has 0 aliphatic carbocycles. The summed E-state index contributed by atoms with van der Waals surface area (Å²) in [5.41, 5.74) is 6.69. The Morgan fingerprint density at radius 1 is 1.42 bits per heavy atom. The lowest BCUT2D eigenvalue weighted by atomic mass is 10.2. The first-order valence-corrected chi connectivity index (χ1v) is 7.17. The first-order chi connectivity index (χ1) is 8.99. The predicted molar refractivity (Wildman–Crippen MR) is 70.9 cm³/mol. The average Bonchev–Trinajstić information content (AvgIpc) is 2.85. The maximum atomic E-state index is 12.1. The molecule has 0 amide bonds. The number of nitrogens with zero attached hydrogens (tertiary/aromatic N) is 2. The van der Waals surface area contributed by atoms with Crippen molar-refractivity contribution in [2.45, 2.75) is 18.2 Å². The van der Waals surface area contributed by atoms with Crippen LogP contribution in [0.5, 0.6) is 0 Å². The lowest BCUT2D eigenvalue weighted by Crippen LogP contribution is -2.27. The molecule has 2 rings (SSSR count). The van der Waals surface area contributed by atoms with E-state index >= 15 is 0 Å². The average molecular weight is 281 g/mol. The molecule has 2 aromatic rings. The number of hydrogen-bond acceptors (Lipinski definition) is 5. The van der Waals surface area contributed by atoms with Gasteiger partial charge in [-0.2, -0.15) is 5.10 Å². The van der Waals surface area contributed by atoms with Crippen LogP contribution in [-0.2, 0) is 16.4 Å². The number of rotatable bonds is 5. The molecule has 4 N–H and O–H groups in total. The first-order valence-electron chi connectivity index (χ1n) is 5.69. The number of nitrogens with two attached hydrogens (primary N) is 1. The second-order valence-electron chi connectivity index (χ2n) is 4.10. The first kappa shape index (κ1) is 13.5. The minimum absolute atomic E-state index is 0.199. The van der Waals surface area contributed by atoms with E-state index in [0.717, 1.165) is 0 Å². The molecule has 0 bridgehead atoms. The molecule has 0 aliphatic heterocycles. The van der Waals surface area contributed by atoms with Gasteiger partial charge in [0.2, 0.25) is 10.0 Å². The van der Waals surface area contributed by atoms with Gasteiger partial charge in [0.25, 0.3) is 0 Å². The van der Waals surface area contributed by atoms with Crippen molar-refractivity contribution in [2.75, 3.05) is 12.3 Å². The summed E-state index contributed by atoms with van der Waals surface area (Å²) in [6, 6.07) is 4.80. The van der Waals surface area contributed by atoms with Crippen LogP contribution in [-0.4, -0.2) is 30.1 Å². The van der Waals surface area contributed by atoms with E-state index in [1.165, 1.54) is 12.4 Å². The van der Waals surface area contributed by atoms with Crippen LogP contribution < -0.4 is 10.5 Å². The Bertz CT molecular complexity index is 652. The van der Waals surface area contributed by atoms with Gasteiger partial charge in [-0.15, -0.1) is 0 Å². The maximum absolute atomic E-state index is 12.1. The van der Waals surface area contributed by atoms with E-state index in [9.17, 15) is 8.42 Å². The van der Waals surface area contributed by atoms with Gasteiger partial charge in [0, 0.05) is 18.7 Å². The molecule has 1 aromatic carbocycles. The summed E-state index contributed by atoms with van der Waals surface area (Å²) < 4.78 is 26.8. The van der Waals surface area contributed by atoms with E-state index in [0.29, 0.717) is 23.5 Å². The monoisotopic (exact) mass is 281 g/mol. The lowest BCUT2D eigenvalue weighted by Gasteiger charge is -2.09. The molecule has 0 fully saturated rings. The van der Waals surface area contributed by atoms with Crippen molar-refractivity contribution >= 4 is 15.7 Å². The van der Waals surface area contributed by atoms with Crippen LogP contribution in [0.4, 0.5) is 5.69 Å². The summed E-state index contributed by atoms with van der Waals surface area (Å²) in [7, 11) is -3.56. The van der Waals surface area contributed by atoms with Crippen LogP contribution in [0.2, 0.25) is 0 Å². The van der Waals surface area contributed by atoms with Crippen molar-refractivity contribution in [1.29, 1.82) is 0 Å². The highest BCUT2D eigenvalue weighted by Crippen LogP contribution is 2.17. The minimum Gasteiger partial charge on any atom is -0.399 e. The maximum Gasteiger partial charge on any atom is 0.240 e. The van der Waals surface area contributed by atoms with Crippen molar-refractivity contribution in [1.82, 2.24) is 19.9 Å². The quantitative estimate of drug-likeness (QED) is 0.678. The van der Waals surface area contributed by atoms with Gasteiger partial charge < -0.3 is 5.73 Å². The number of benzene rings is 1. The predicted octanol–water partition coefficient (Wildman–Crippen LogP) is 0.216. The lowest BCUT2D eigenvalue weighted by molar-refractivity contribution is 0.580. The Balaban J connectivity index is 2.07. The molecule has 1 heterocycles. The van der Waals surface area contributed by atoms with E-state index in [4.69, 9.17) is 5.73 Å². The van der Waals surface area contributed by atoms with Gasteiger partial charge in [0.1, 0.15) is 12.2 Å². The third kappa shape index (κ3) is 3.30. The van der Waals surface area contributed by atoms with Crippen LogP contribution in [0.3, 0.4) is 0 Å². The molecule has 1 aromatic heterocycles. The third-order valence-electron chi connectivity index (χ3n) is 2.62. The molecule has 0 saturated carbocycles. The highest BCUT2D eigenvalue weighted by atomic mass is 32.2. The smallest absolute Gasteiger partial charge is 0.240 e. The highest BCUT2D eigenvalue weighted by molar-refractivity contribution is 7.89. The fraction of sp³-hybridized carbons (Fsp3) is 0.273. The Hall–Kier alpha value is -1.93. The molecule has 0 unspecified atom stereocenters. The fourth-order valence-electron chi connectivity index (χ4n) is 1.64. The van der Waals surface area contributed by atoms with Crippen LogP contribution in [0.25, 0.3) is 0 Å². The van der Waals surface area contributed by atoms with Crippen molar-refractivity contribution < 1.29 is 8.42 Å². The van der Waals surface area contributed by atoms with Gasteiger partial charge in [0.15, 0.2) is 0 Å². The number of nitrogens with one attached hydrogen (secondary N) is 2. The van der Waals surface area contributed by atoms with Crippen molar-refractivity contribution in [3.8, 4) is 0 Å². The second-order valence-corrected chi connectivity index (χ2v) is 5.84. The van der Waals surface area contributed by atoms with Gasteiger partial charge in [-0.25, -0.2) is 18.1 Å². The second kappa shape index (κ2) is 5.37. The van der Waals surface area contributed by atoms with E-state index in [-0.39, 0.29) is 11.4 Å². The van der Waals surface area contributed by atoms with Gasteiger partial charge in [-0.1, -0.05) is 6.07 Å². The minimum atomic E-state index is -3.56. The largest absolute Gasteiger partial charge is 0.399 e. The van der Waals surface area contributed by atoms with Crippen molar-refractivity contribution in [3.05, 3.63) is 35.9 Å². The molecule has 8 heteroatoms. The topological polar surface area (TPSA) is 114 Å². The number of nitrogen functional groups attached to an aromatic ring is 1. The zero-order chi connectivity index (χ0) is 13.9.